The van der Waals surface area contributed by atoms with Gasteiger partial charge in [0.25, 0.3) is 11.8 Å². The summed E-state index contributed by atoms with van der Waals surface area (Å²) in [6.07, 6.45) is 0.711. The van der Waals surface area contributed by atoms with Crippen LogP contribution in [0.1, 0.15) is 54.1 Å². The predicted octanol–water partition coefficient (Wildman–Crippen LogP) is 5.77. The van der Waals surface area contributed by atoms with Crippen LogP contribution < -0.4 is 5.73 Å². The summed E-state index contributed by atoms with van der Waals surface area (Å²) < 4.78 is 1.81. The number of rotatable bonds is 5. The SMILES string of the molecule is CC(C)(C)[C@@H](C(=O)N1C[C@@H]2C[C@H]1CN2C(=O)c1ccc(-c2ccccc2)cc1Cl)n1c(C(N)=O)cc2ccccc21. The summed E-state index contributed by atoms with van der Waals surface area (Å²) in [5.41, 5.74) is 8.85. The molecular weight excluding hydrogens is 536 g/mol. The summed E-state index contributed by atoms with van der Waals surface area (Å²) in [4.78, 5) is 44.2. The van der Waals surface area contributed by atoms with E-state index in [4.69, 9.17) is 17.3 Å². The smallest absolute Gasteiger partial charge is 0.265 e. The second-order valence-corrected chi connectivity index (χ2v) is 12.6. The zero-order valence-corrected chi connectivity index (χ0v) is 24.1. The molecule has 7 nitrogen and oxygen atoms in total. The number of nitrogens with two attached hydrogens (primary N) is 1. The number of halogens is 1. The van der Waals surface area contributed by atoms with Crippen molar-refractivity contribution in [1.29, 1.82) is 0 Å². The molecule has 2 aliphatic rings. The number of fused-ring (bicyclic) bond motifs is 3. The minimum absolute atomic E-state index is 0.0637. The Morgan fingerprint density at radius 2 is 1.51 bits per heavy atom. The number of primary amides is 1. The number of hydrogen-bond acceptors (Lipinski definition) is 3. The fourth-order valence-electron chi connectivity index (χ4n) is 6.51. The highest BCUT2D eigenvalue weighted by Crippen LogP contribution is 2.41. The summed E-state index contributed by atoms with van der Waals surface area (Å²) >= 11 is 6.62. The Kier molecular flexibility index (Phi) is 6.65. The van der Waals surface area contributed by atoms with E-state index >= 15 is 0 Å². The molecule has 8 heteroatoms. The molecule has 0 spiro atoms. The van der Waals surface area contributed by atoms with Crippen molar-refractivity contribution in [2.75, 3.05) is 13.1 Å². The van der Waals surface area contributed by atoms with Crippen molar-refractivity contribution in [3.8, 4) is 11.1 Å². The van der Waals surface area contributed by atoms with Gasteiger partial charge in [0.1, 0.15) is 11.7 Å². The molecule has 0 radical (unpaired) electrons. The monoisotopic (exact) mass is 568 g/mol. The summed E-state index contributed by atoms with van der Waals surface area (Å²) in [5.74, 6) is -0.752. The lowest BCUT2D eigenvalue weighted by atomic mass is 9.85. The molecule has 2 fully saturated rings. The van der Waals surface area contributed by atoms with Gasteiger partial charge in [-0.15, -0.1) is 0 Å². The first-order valence-corrected chi connectivity index (χ1v) is 14.3. The van der Waals surface area contributed by atoms with Crippen molar-refractivity contribution >= 4 is 40.2 Å². The molecule has 41 heavy (non-hydrogen) atoms. The van der Waals surface area contributed by atoms with E-state index in [2.05, 4.69) is 0 Å². The Labute approximate surface area is 244 Å². The van der Waals surface area contributed by atoms with Gasteiger partial charge in [-0.25, -0.2) is 0 Å². The minimum Gasteiger partial charge on any atom is -0.364 e. The molecule has 3 amide bonds. The molecule has 2 N–H and O–H groups in total. The van der Waals surface area contributed by atoms with Gasteiger partial charge in [0.2, 0.25) is 5.91 Å². The third-order valence-electron chi connectivity index (χ3n) is 8.40. The first kappa shape index (κ1) is 27.1. The van der Waals surface area contributed by atoms with Crippen molar-refractivity contribution < 1.29 is 14.4 Å². The van der Waals surface area contributed by atoms with Crippen molar-refractivity contribution in [2.45, 2.75) is 45.3 Å². The molecule has 1 aromatic heterocycles. The van der Waals surface area contributed by atoms with Crippen LogP contribution >= 0.6 is 11.6 Å². The van der Waals surface area contributed by atoms with E-state index in [1.165, 1.54) is 0 Å². The quantitative estimate of drug-likeness (QED) is 0.331. The molecule has 210 valence electrons. The predicted molar refractivity (Wildman–Crippen MR) is 161 cm³/mol. The van der Waals surface area contributed by atoms with Gasteiger partial charge in [-0.2, -0.15) is 0 Å². The largest absolute Gasteiger partial charge is 0.364 e. The van der Waals surface area contributed by atoms with Crippen LogP contribution in [0.3, 0.4) is 0 Å². The zero-order chi connectivity index (χ0) is 29.1. The molecule has 2 aliphatic heterocycles. The number of carbonyl (C=O) groups is 3. The van der Waals surface area contributed by atoms with Gasteiger partial charge in [0.05, 0.1) is 22.7 Å². The topological polar surface area (TPSA) is 88.6 Å². The van der Waals surface area contributed by atoms with Gasteiger partial charge in [-0.3, -0.25) is 14.4 Å². The van der Waals surface area contributed by atoms with Gasteiger partial charge >= 0.3 is 0 Å². The molecule has 2 saturated heterocycles. The molecule has 3 aromatic carbocycles. The van der Waals surface area contributed by atoms with E-state index in [0.29, 0.717) is 35.8 Å². The van der Waals surface area contributed by atoms with E-state index in [1.807, 2.05) is 102 Å². The molecule has 6 rings (SSSR count). The molecule has 3 atom stereocenters. The van der Waals surface area contributed by atoms with Crippen LogP contribution in [0, 0.1) is 5.41 Å². The number of likely N-dealkylation sites (tertiary alicyclic amines) is 2. The van der Waals surface area contributed by atoms with Crippen molar-refractivity contribution in [3.05, 3.63) is 95.1 Å². The Morgan fingerprint density at radius 3 is 2.15 bits per heavy atom. The number of amides is 3. The van der Waals surface area contributed by atoms with Crippen LogP contribution in [-0.4, -0.2) is 57.3 Å². The first-order chi connectivity index (χ1) is 19.5. The Morgan fingerprint density at radius 1 is 0.854 bits per heavy atom. The fourth-order valence-corrected chi connectivity index (χ4v) is 6.77. The van der Waals surface area contributed by atoms with Gasteiger partial charge in [0, 0.05) is 24.0 Å². The molecular formula is C33H33ClN4O3. The minimum atomic E-state index is -0.645. The van der Waals surface area contributed by atoms with E-state index in [9.17, 15) is 14.4 Å². The maximum Gasteiger partial charge on any atom is 0.265 e. The Hall–Kier alpha value is -4.10. The van der Waals surface area contributed by atoms with E-state index in [1.54, 1.807) is 12.1 Å². The highest BCUT2D eigenvalue weighted by molar-refractivity contribution is 6.34. The fraction of sp³-hybridized carbons (Fsp3) is 0.303. The molecule has 4 aromatic rings. The highest BCUT2D eigenvalue weighted by Gasteiger charge is 2.50. The van der Waals surface area contributed by atoms with Crippen LogP contribution in [0.2, 0.25) is 5.02 Å². The summed E-state index contributed by atoms with van der Waals surface area (Å²) in [5, 5.41) is 1.27. The van der Waals surface area contributed by atoms with Crippen molar-refractivity contribution in [2.24, 2.45) is 11.1 Å². The second kappa shape index (κ2) is 10.1. The lowest BCUT2D eigenvalue weighted by molar-refractivity contribution is -0.140. The van der Waals surface area contributed by atoms with Crippen LogP contribution in [0.25, 0.3) is 22.0 Å². The van der Waals surface area contributed by atoms with Crippen LogP contribution in [0.4, 0.5) is 0 Å². The number of nitrogens with zero attached hydrogens (tertiary/aromatic N) is 3. The number of piperazine rings is 1. The number of carbonyl (C=O) groups excluding carboxylic acids is 3. The van der Waals surface area contributed by atoms with Crippen LogP contribution in [0.15, 0.2) is 78.9 Å². The third-order valence-corrected chi connectivity index (χ3v) is 8.72. The maximum atomic E-state index is 14.3. The lowest BCUT2D eigenvalue weighted by Gasteiger charge is -2.40. The average molecular weight is 569 g/mol. The molecule has 2 bridgehead atoms. The van der Waals surface area contributed by atoms with Gasteiger partial charge in [-0.05, 0) is 47.2 Å². The molecule has 3 heterocycles. The number of benzene rings is 3. The summed E-state index contributed by atoms with van der Waals surface area (Å²) in [7, 11) is 0. The van der Waals surface area contributed by atoms with Crippen LogP contribution in [-0.2, 0) is 4.79 Å². The lowest BCUT2D eigenvalue weighted by Crippen LogP contribution is -2.53. The van der Waals surface area contributed by atoms with Crippen LogP contribution in [0.5, 0.6) is 0 Å². The summed E-state index contributed by atoms with van der Waals surface area (Å²) in [6.45, 7) is 6.88. The molecule has 0 saturated carbocycles. The van der Waals surface area contributed by atoms with Crippen molar-refractivity contribution in [1.82, 2.24) is 14.4 Å². The first-order valence-electron chi connectivity index (χ1n) is 13.9. The van der Waals surface area contributed by atoms with E-state index in [-0.39, 0.29) is 23.9 Å². The van der Waals surface area contributed by atoms with Gasteiger partial charge in [-0.1, -0.05) is 87.0 Å². The zero-order valence-electron chi connectivity index (χ0n) is 23.4. The van der Waals surface area contributed by atoms with Crippen molar-refractivity contribution in [3.63, 3.8) is 0 Å². The second-order valence-electron chi connectivity index (χ2n) is 12.1. The number of aromatic nitrogens is 1. The Bertz CT molecular complexity index is 1670. The Balaban J connectivity index is 1.25. The standard InChI is InChI=1S/C33H33ClN4O3/c1-33(2,3)29(38-27-12-8-7-11-22(27)16-28(38)30(35)39)32(41)37-19-23-17-24(37)18-36(23)31(40)25-14-13-21(15-26(25)34)20-9-5-4-6-10-20/h4-16,23-24,29H,17-19H2,1-3H3,(H2,35,39)/t23-,24-,29+/m0/s1. The highest BCUT2D eigenvalue weighted by atomic mass is 35.5. The number of hydrogen-bond donors (Lipinski definition) is 1. The summed E-state index contributed by atoms with van der Waals surface area (Å²) in [6, 6.07) is 24.0. The van der Waals surface area contributed by atoms with E-state index in [0.717, 1.165) is 22.0 Å². The third kappa shape index (κ3) is 4.68. The van der Waals surface area contributed by atoms with Gasteiger partial charge < -0.3 is 20.1 Å². The maximum absolute atomic E-state index is 14.3. The average Bonchev–Trinajstić information content (AvgIpc) is 3.66. The normalized spacial score (nSPS) is 19.1. The van der Waals surface area contributed by atoms with E-state index < -0.39 is 17.4 Å². The number of para-hydroxylation sites is 1. The molecule has 0 aliphatic carbocycles. The molecule has 0 unspecified atom stereocenters. The van der Waals surface area contributed by atoms with Gasteiger partial charge in [0.15, 0.2) is 0 Å².